The summed E-state index contributed by atoms with van der Waals surface area (Å²) in [6.45, 7) is 1.04. The highest BCUT2D eigenvalue weighted by Crippen LogP contribution is 2.25. The van der Waals surface area contributed by atoms with Crippen LogP contribution in [0.25, 0.3) is 0 Å². The van der Waals surface area contributed by atoms with Crippen molar-refractivity contribution >= 4 is 17.7 Å². The van der Waals surface area contributed by atoms with Gasteiger partial charge in [0.05, 0.1) is 12.4 Å². The third kappa shape index (κ3) is 5.98. The van der Waals surface area contributed by atoms with Gasteiger partial charge in [-0.1, -0.05) is 18.9 Å². The smallest absolute Gasteiger partial charge is 0.313 e. The maximum Gasteiger partial charge on any atom is 0.313 e. The van der Waals surface area contributed by atoms with Crippen LogP contribution in [-0.4, -0.2) is 52.9 Å². The average molecular weight is 455 g/mol. The number of pyridine rings is 1. The summed E-state index contributed by atoms with van der Waals surface area (Å²) in [4.78, 5) is 45.0. The molecule has 176 valence electrons. The van der Waals surface area contributed by atoms with Crippen LogP contribution in [0, 0.1) is 0 Å². The number of aromatic nitrogens is 1. The standard InChI is InChI=1S/C24H30N4O5/c29-22(26-15-19-9-4-12-32-19)21(20-10-5-13-33-20)28(16-17-6-3-11-25-14-17)24(31)23(30)27-18-7-1-2-8-18/h3,5-6,10-11,13-14,18-19,21H,1-2,4,7-9,12,15-16H2,(H,26,29)(H,27,30)/t19-,21-/m0/s1. The molecule has 0 bridgehead atoms. The van der Waals surface area contributed by atoms with Crippen molar-refractivity contribution in [3.63, 3.8) is 0 Å². The molecular weight excluding hydrogens is 424 g/mol. The Balaban J connectivity index is 1.57. The summed E-state index contributed by atoms with van der Waals surface area (Å²) < 4.78 is 11.1. The molecule has 1 saturated carbocycles. The molecule has 4 rings (SSSR count). The number of carbonyl (C=O) groups is 3. The minimum Gasteiger partial charge on any atom is -0.467 e. The van der Waals surface area contributed by atoms with E-state index in [2.05, 4.69) is 15.6 Å². The van der Waals surface area contributed by atoms with Gasteiger partial charge < -0.3 is 24.7 Å². The number of ether oxygens (including phenoxy) is 1. The third-order valence-corrected chi connectivity index (χ3v) is 6.12. The van der Waals surface area contributed by atoms with Gasteiger partial charge in [-0.15, -0.1) is 0 Å². The van der Waals surface area contributed by atoms with E-state index in [4.69, 9.17) is 9.15 Å². The monoisotopic (exact) mass is 454 g/mol. The Hall–Kier alpha value is -3.20. The lowest BCUT2D eigenvalue weighted by Gasteiger charge is -2.30. The quantitative estimate of drug-likeness (QED) is 0.591. The first-order chi connectivity index (χ1) is 16.1. The van der Waals surface area contributed by atoms with E-state index in [9.17, 15) is 14.4 Å². The molecule has 9 heteroatoms. The second-order valence-corrected chi connectivity index (χ2v) is 8.55. The summed E-state index contributed by atoms with van der Waals surface area (Å²) in [6.07, 6.45) is 10.2. The highest BCUT2D eigenvalue weighted by Gasteiger charge is 2.37. The minimum absolute atomic E-state index is 0.0166. The van der Waals surface area contributed by atoms with Crippen molar-refractivity contribution in [2.75, 3.05) is 13.2 Å². The summed E-state index contributed by atoms with van der Waals surface area (Å²) >= 11 is 0. The van der Waals surface area contributed by atoms with E-state index in [1.165, 1.54) is 11.2 Å². The molecule has 1 saturated heterocycles. The molecule has 0 unspecified atom stereocenters. The van der Waals surface area contributed by atoms with Crippen LogP contribution in [0.1, 0.15) is 55.9 Å². The van der Waals surface area contributed by atoms with Gasteiger partial charge >= 0.3 is 11.8 Å². The van der Waals surface area contributed by atoms with Crippen LogP contribution < -0.4 is 10.6 Å². The van der Waals surface area contributed by atoms with Crippen molar-refractivity contribution in [2.45, 2.75) is 63.3 Å². The largest absolute Gasteiger partial charge is 0.467 e. The predicted octanol–water partition coefficient (Wildman–Crippen LogP) is 2.10. The maximum atomic E-state index is 13.4. The van der Waals surface area contributed by atoms with E-state index in [-0.39, 0.29) is 24.5 Å². The zero-order valence-corrected chi connectivity index (χ0v) is 18.6. The lowest BCUT2D eigenvalue weighted by molar-refractivity contribution is -0.151. The van der Waals surface area contributed by atoms with E-state index in [1.807, 2.05) is 0 Å². The van der Waals surface area contributed by atoms with Crippen LogP contribution in [0.15, 0.2) is 47.3 Å². The van der Waals surface area contributed by atoms with Gasteiger partial charge in [0.15, 0.2) is 6.04 Å². The number of rotatable bonds is 8. The number of furan rings is 1. The number of nitrogens with one attached hydrogen (secondary N) is 2. The second-order valence-electron chi connectivity index (χ2n) is 8.55. The summed E-state index contributed by atoms with van der Waals surface area (Å²) in [5.74, 6) is -1.63. The van der Waals surface area contributed by atoms with E-state index in [0.717, 1.165) is 38.5 Å². The minimum atomic E-state index is -1.11. The SMILES string of the molecule is O=C(NC1CCCC1)C(=O)N(Cc1cccnc1)[C@H](C(=O)NC[C@@H]1CCCO1)c1ccco1. The van der Waals surface area contributed by atoms with E-state index < -0.39 is 23.8 Å². The number of hydrogen-bond donors (Lipinski definition) is 2. The molecule has 3 amide bonds. The summed E-state index contributed by atoms with van der Waals surface area (Å²) in [5.41, 5.74) is 0.697. The molecule has 2 aliphatic rings. The van der Waals surface area contributed by atoms with Crippen molar-refractivity contribution in [3.05, 3.63) is 54.2 Å². The molecule has 33 heavy (non-hydrogen) atoms. The fourth-order valence-corrected chi connectivity index (χ4v) is 4.40. The van der Waals surface area contributed by atoms with Crippen molar-refractivity contribution in [3.8, 4) is 0 Å². The molecule has 2 atom stereocenters. The van der Waals surface area contributed by atoms with Crippen molar-refractivity contribution in [1.82, 2.24) is 20.5 Å². The van der Waals surface area contributed by atoms with Crippen molar-refractivity contribution in [2.24, 2.45) is 0 Å². The first-order valence-electron chi connectivity index (χ1n) is 11.5. The van der Waals surface area contributed by atoms with E-state index in [1.54, 1.807) is 36.7 Å². The van der Waals surface area contributed by atoms with Gasteiger partial charge in [0, 0.05) is 38.1 Å². The van der Waals surface area contributed by atoms with Crippen LogP contribution in [0.2, 0.25) is 0 Å². The molecule has 2 N–H and O–H groups in total. The summed E-state index contributed by atoms with van der Waals surface area (Å²) in [6, 6.07) is 5.71. The molecule has 1 aliphatic carbocycles. The Bertz CT molecular complexity index is 922. The number of nitrogens with zero attached hydrogens (tertiary/aromatic N) is 2. The van der Waals surface area contributed by atoms with Crippen LogP contribution >= 0.6 is 0 Å². The first-order valence-corrected chi connectivity index (χ1v) is 11.5. The lowest BCUT2D eigenvalue weighted by Crippen LogP contribution is -2.50. The fraction of sp³-hybridized carbons (Fsp3) is 0.500. The van der Waals surface area contributed by atoms with E-state index in [0.29, 0.717) is 18.7 Å². The highest BCUT2D eigenvalue weighted by molar-refractivity contribution is 6.35. The molecule has 0 aromatic carbocycles. The Morgan fingerprint density at radius 3 is 2.64 bits per heavy atom. The predicted molar refractivity (Wildman–Crippen MR) is 119 cm³/mol. The molecule has 0 radical (unpaired) electrons. The zero-order chi connectivity index (χ0) is 23.0. The Kier molecular flexibility index (Phi) is 7.72. The van der Waals surface area contributed by atoms with Crippen LogP contribution in [-0.2, 0) is 25.7 Å². The van der Waals surface area contributed by atoms with Gasteiger partial charge in [-0.25, -0.2) is 0 Å². The topological polar surface area (TPSA) is 114 Å². The first kappa shape index (κ1) is 23.0. The number of amides is 3. The number of carbonyl (C=O) groups excluding carboxylic acids is 3. The fourth-order valence-electron chi connectivity index (χ4n) is 4.40. The van der Waals surface area contributed by atoms with Gasteiger partial charge in [0.25, 0.3) is 5.91 Å². The average Bonchev–Trinajstić information content (AvgIpc) is 3.61. The lowest BCUT2D eigenvalue weighted by atomic mass is 10.1. The van der Waals surface area contributed by atoms with Gasteiger partial charge in [0.1, 0.15) is 5.76 Å². The van der Waals surface area contributed by atoms with Crippen LogP contribution in [0.4, 0.5) is 0 Å². The summed E-state index contributed by atoms with van der Waals surface area (Å²) in [5, 5.41) is 5.71. The third-order valence-electron chi connectivity index (χ3n) is 6.12. The zero-order valence-electron chi connectivity index (χ0n) is 18.6. The highest BCUT2D eigenvalue weighted by atomic mass is 16.5. The Labute approximate surface area is 192 Å². The van der Waals surface area contributed by atoms with Gasteiger partial charge in [-0.05, 0) is 49.4 Å². The Morgan fingerprint density at radius 1 is 1.12 bits per heavy atom. The Morgan fingerprint density at radius 2 is 1.97 bits per heavy atom. The molecule has 2 fully saturated rings. The summed E-state index contributed by atoms with van der Waals surface area (Å²) in [7, 11) is 0. The normalized spacial score (nSPS) is 19.2. The molecule has 3 heterocycles. The van der Waals surface area contributed by atoms with E-state index >= 15 is 0 Å². The van der Waals surface area contributed by atoms with Gasteiger partial charge in [-0.3, -0.25) is 19.4 Å². The van der Waals surface area contributed by atoms with Gasteiger partial charge in [0.2, 0.25) is 0 Å². The van der Waals surface area contributed by atoms with Crippen LogP contribution in [0.5, 0.6) is 0 Å². The van der Waals surface area contributed by atoms with Crippen LogP contribution in [0.3, 0.4) is 0 Å². The molecule has 1 aliphatic heterocycles. The second kappa shape index (κ2) is 11.1. The van der Waals surface area contributed by atoms with Crippen molar-refractivity contribution < 1.29 is 23.5 Å². The molecule has 0 spiro atoms. The molecular formula is C24H30N4O5. The van der Waals surface area contributed by atoms with Gasteiger partial charge in [-0.2, -0.15) is 0 Å². The molecule has 2 aromatic rings. The molecule has 2 aromatic heterocycles. The molecule has 9 nitrogen and oxygen atoms in total. The number of hydrogen-bond acceptors (Lipinski definition) is 6. The maximum absolute atomic E-state index is 13.4. The van der Waals surface area contributed by atoms with Crippen molar-refractivity contribution in [1.29, 1.82) is 0 Å².